The number of hydrogen-bond acceptors (Lipinski definition) is 5. The average molecular weight is 295 g/mol. The fourth-order valence-corrected chi connectivity index (χ4v) is 2.22. The van der Waals surface area contributed by atoms with E-state index in [1.807, 2.05) is 12.1 Å². The van der Waals surface area contributed by atoms with E-state index in [9.17, 15) is 9.59 Å². The second-order valence-corrected chi connectivity index (χ2v) is 4.75. The van der Waals surface area contributed by atoms with Crippen molar-refractivity contribution in [2.24, 2.45) is 0 Å². The van der Waals surface area contributed by atoms with E-state index < -0.39 is 5.97 Å². The number of nitrogens with one attached hydrogen (secondary N) is 2. The first-order valence-electron chi connectivity index (χ1n) is 5.83. The minimum absolute atomic E-state index is 0.146. The van der Waals surface area contributed by atoms with E-state index in [2.05, 4.69) is 15.6 Å². The Labute approximate surface area is 118 Å². The van der Waals surface area contributed by atoms with Gasteiger partial charge in [0.25, 0.3) is 0 Å². The lowest BCUT2D eigenvalue weighted by Gasteiger charge is -2.07. The number of fused-ring (bicyclic) bond motifs is 1. The molecule has 20 heavy (non-hydrogen) atoms. The number of carbonyl (C=O) groups is 2. The van der Waals surface area contributed by atoms with Crippen molar-refractivity contribution in [2.75, 3.05) is 25.1 Å². The minimum Gasteiger partial charge on any atom is -0.480 e. The maximum atomic E-state index is 11.6. The topological polar surface area (TPSA) is 101 Å². The van der Waals surface area contributed by atoms with Gasteiger partial charge in [0.15, 0.2) is 0 Å². The van der Waals surface area contributed by atoms with Crippen molar-refractivity contribution < 1.29 is 19.4 Å². The van der Waals surface area contributed by atoms with Gasteiger partial charge in [-0.1, -0.05) is 0 Å². The third-order valence-corrected chi connectivity index (χ3v) is 3.14. The molecule has 0 atom stereocenters. The van der Waals surface area contributed by atoms with Crippen LogP contribution in [-0.4, -0.2) is 41.8 Å². The summed E-state index contributed by atoms with van der Waals surface area (Å²) in [6.45, 7) is 0.0147. The molecule has 8 heteroatoms. The number of urea groups is 1. The van der Waals surface area contributed by atoms with Crippen LogP contribution in [0.4, 0.5) is 10.5 Å². The normalized spacial score (nSPS) is 10.4. The van der Waals surface area contributed by atoms with Gasteiger partial charge in [0.05, 0.1) is 22.3 Å². The largest absolute Gasteiger partial charge is 0.480 e. The molecule has 1 heterocycles. The second kappa shape index (κ2) is 6.83. The van der Waals surface area contributed by atoms with Crippen molar-refractivity contribution in [1.29, 1.82) is 0 Å². The minimum atomic E-state index is -1.03. The smallest absolute Gasteiger partial charge is 0.329 e. The first kappa shape index (κ1) is 14.2. The summed E-state index contributed by atoms with van der Waals surface area (Å²) in [5, 5.41) is 13.6. The molecular formula is C12H13N3O4S. The van der Waals surface area contributed by atoms with Crippen molar-refractivity contribution in [1.82, 2.24) is 10.3 Å². The number of carboxylic acid groups (broad SMARTS) is 1. The van der Waals surface area contributed by atoms with Crippen LogP contribution in [0.1, 0.15) is 0 Å². The van der Waals surface area contributed by atoms with Gasteiger partial charge in [0, 0.05) is 12.2 Å². The van der Waals surface area contributed by atoms with Gasteiger partial charge in [0.2, 0.25) is 0 Å². The summed E-state index contributed by atoms with van der Waals surface area (Å²) in [7, 11) is 0. The Hall–Kier alpha value is -2.19. The first-order chi connectivity index (χ1) is 9.65. The molecule has 0 saturated carbocycles. The van der Waals surface area contributed by atoms with Crippen LogP contribution in [0.15, 0.2) is 23.7 Å². The predicted octanol–water partition coefficient (Wildman–Crippen LogP) is 1.52. The maximum absolute atomic E-state index is 11.6. The van der Waals surface area contributed by atoms with E-state index >= 15 is 0 Å². The van der Waals surface area contributed by atoms with Gasteiger partial charge in [-0.2, -0.15) is 0 Å². The number of aromatic nitrogens is 1. The zero-order valence-corrected chi connectivity index (χ0v) is 11.3. The average Bonchev–Trinajstić information content (AvgIpc) is 2.85. The molecule has 2 aromatic rings. The van der Waals surface area contributed by atoms with Crippen LogP contribution in [0, 0.1) is 0 Å². The van der Waals surface area contributed by atoms with Crippen LogP contribution in [0.3, 0.4) is 0 Å². The quantitative estimate of drug-likeness (QED) is 0.701. The van der Waals surface area contributed by atoms with Crippen molar-refractivity contribution in [3.8, 4) is 0 Å². The summed E-state index contributed by atoms with van der Waals surface area (Å²) >= 11 is 1.50. The molecule has 0 unspecified atom stereocenters. The molecule has 0 saturated heterocycles. The monoisotopic (exact) mass is 295 g/mol. The molecule has 0 fully saturated rings. The summed E-state index contributed by atoms with van der Waals surface area (Å²) in [5.41, 5.74) is 3.31. The Bertz CT molecular complexity index is 614. The number of hydrogen-bond donors (Lipinski definition) is 3. The Morgan fingerprint density at radius 3 is 3.05 bits per heavy atom. The summed E-state index contributed by atoms with van der Waals surface area (Å²) in [6, 6.07) is 5.07. The number of benzene rings is 1. The molecule has 1 aromatic carbocycles. The van der Waals surface area contributed by atoms with Crippen LogP contribution >= 0.6 is 11.3 Å². The molecule has 0 radical (unpaired) electrons. The standard InChI is InChI=1S/C12H13N3O4S/c16-11(17)6-19-4-3-13-12(18)15-8-1-2-9-10(5-8)20-7-14-9/h1-2,5,7H,3-4,6H2,(H,16,17)(H2,13,15,18). The van der Waals surface area contributed by atoms with Crippen LogP contribution in [0.5, 0.6) is 0 Å². The number of amides is 2. The molecule has 7 nitrogen and oxygen atoms in total. The fraction of sp³-hybridized carbons (Fsp3) is 0.250. The molecule has 0 aliphatic rings. The highest BCUT2D eigenvalue weighted by Crippen LogP contribution is 2.21. The van der Waals surface area contributed by atoms with E-state index in [4.69, 9.17) is 9.84 Å². The van der Waals surface area contributed by atoms with Crippen LogP contribution in [-0.2, 0) is 9.53 Å². The fourth-order valence-electron chi connectivity index (χ4n) is 1.50. The van der Waals surface area contributed by atoms with Crippen molar-refractivity contribution in [3.05, 3.63) is 23.7 Å². The zero-order chi connectivity index (χ0) is 14.4. The Balaban J connectivity index is 1.75. The maximum Gasteiger partial charge on any atom is 0.329 e. The van der Waals surface area contributed by atoms with Gasteiger partial charge in [0.1, 0.15) is 6.61 Å². The van der Waals surface area contributed by atoms with Crippen molar-refractivity contribution >= 4 is 39.2 Å². The van der Waals surface area contributed by atoms with Crippen LogP contribution < -0.4 is 10.6 Å². The van der Waals surface area contributed by atoms with Gasteiger partial charge < -0.3 is 20.5 Å². The summed E-state index contributed by atoms with van der Waals surface area (Å²) in [6.07, 6.45) is 0. The Kier molecular flexibility index (Phi) is 4.85. The van der Waals surface area contributed by atoms with Crippen molar-refractivity contribution in [3.63, 3.8) is 0 Å². The number of aliphatic carboxylic acids is 1. The van der Waals surface area contributed by atoms with Gasteiger partial charge >= 0.3 is 12.0 Å². The van der Waals surface area contributed by atoms with E-state index in [0.717, 1.165) is 10.2 Å². The van der Waals surface area contributed by atoms with Crippen LogP contribution in [0.25, 0.3) is 10.2 Å². The highest BCUT2D eigenvalue weighted by atomic mass is 32.1. The van der Waals surface area contributed by atoms with Gasteiger partial charge in [-0.15, -0.1) is 11.3 Å². The van der Waals surface area contributed by atoms with Crippen LogP contribution in [0.2, 0.25) is 0 Å². The summed E-state index contributed by atoms with van der Waals surface area (Å²) < 4.78 is 5.79. The molecule has 0 aliphatic carbocycles. The SMILES string of the molecule is O=C(O)COCCNC(=O)Nc1ccc2ncsc2c1. The lowest BCUT2D eigenvalue weighted by atomic mass is 10.3. The molecule has 2 amide bonds. The Morgan fingerprint density at radius 2 is 2.25 bits per heavy atom. The number of anilines is 1. The lowest BCUT2D eigenvalue weighted by Crippen LogP contribution is -2.31. The van der Waals surface area contributed by atoms with Gasteiger partial charge in [-0.25, -0.2) is 14.6 Å². The third-order valence-electron chi connectivity index (χ3n) is 2.35. The molecule has 3 N–H and O–H groups in total. The second-order valence-electron chi connectivity index (χ2n) is 3.86. The number of carbonyl (C=O) groups excluding carboxylic acids is 1. The number of nitrogens with zero attached hydrogens (tertiary/aromatic N) is 1. The number of thiazole rings is 1. The zero-order valence-electron chi connectivity index (χ0n) is 10.5. The van der Waals surface area contributed by atoms with E-state index in [-0.39, 0.29) is 25.8 Å². The third kappa shape index (κ3) is 4.18. The molecule has 0 bridgehead atoms. The molecule has 1 aromatic heterocycles. The predicted molar refractivity (Wildman–Crippen MR) is 75.1 cm³/mol. The van der Waals surface area contributed by atoms with Crippen molar-refractivity contribution in [2.45, 2.75) is 0 Å². The van der Waals surface area contributed by atoms with Gasteiger partial charge in [-0.05, 0) is 18.2 Å². The first-order valence-corrected chi connectivity index (χ1v) is 6.71. The molecule has 0 aliphatic heterocycles. The van der Waals surface area contributed by atoms with E-state index in [1.54, 1.807) is 11.6 Å². The van der Waals surface area contributed by atoms with E-state index in [1.165, 1.54) is 11.3 Å². The number of ether oxygens (including phenoxy) is 1. The summed E-state index contributed by atoms with van der Waals surface area (Å²) in [4.78, 5) is 25.9. The highest BCUT2D eigenvalue weighted by molar-refractivity contribution is 7.16. The Morgan fingerprint density at radius 1 is 1.40 bits per heavy atom. The summed E-state index contributed by atoms with van der Waals surface area (Å²) in [5.74, 6) is -1.03. The highest BCUT2D eigenvalue weighted by Gasteiger charge is 2.03. The van der Waals surface area contributed by atoms with E-state index in [0.29, 0.717) is 5.69 Å². The number of rotatable bonds is 6. The molecule has 0 spiro atoms. The number of carboxylic acids is 1. The molecular weight excluding hydrogens is 282 g/mol. The molecule has 106 valence electrons. The van der Waals surface area contributed by atoms with Gasteiger partial charge in [-0.3, -0.25) is 0 Å². The molecule has 2 rings (SSSR count). The lowest BCUT2D eigenvalue weighted by molar-refractivity contribution is -0.142.